The quantitative estimate of drug-likeness (QED) is 0.240. The van der Waals surface area contributed by atoms with Gasteiger partial charge < -0.3 is 18.9 Å². The Morgan fingerprint density at radius 2 is 2.05 bits per heavy atom. The average molecular weight is 661 g/mol. The third-order valence-electron chi connectivity index (χ3n) is 6.74. The molecule has 0 bridgehead atoms. The number of rotatable bonds is 6. The van der Waals surface area contributed by atoms with Crippen LogP contribution in [0.25, 0.3) is 10.7 Å². The van der Waals surface area contributed by atoms with Crippen molar-refractivity contribution in [2.75, 3.05) is 13.7 Å². The number of hydrogen-bond donors (Lipinski definition) is 0. The maximum absolute atomic E-state index is 9.72. The zero-order valence-electron chi connectivity index (χ0n) is 21.3. The Bertz CT molecular complexity index is 1530. The fraction of sp³-hybridized carbons (Fsp3) is 0.333. The van der Waals surface area contributed by atoms with Gasteiger partial charge in [0.25, 0.3) is 0 Å². The molecule has 2 aromatic heterocycles. The van der Waals surface area contributed by atoms with Crippen LogP contribution in [0.3, 0.4) is 0 Å². The fourth-order valence-electron chi connectivity index (χ4n) is 4.81. The number of thiazole rings is 1. The second-order valence-electron chi connectivity index (χ2n) is 9.24. The molecule has 9 nitrogen and oxygen atoms in total. The first-order valence-electron chi connectivity index (χ1n) is 12.4. The van der Waals surface area contributed by atoms with Crippen molar-refractivity contribution in [2.24, 2.45) is 0 Å². The van der Waals surface area contributed by atoms with Gasteiger partial charge in [0.2, 0.25) is 0 Å². The molecule has 0 N–H and O–H groups in total. The predicted octanol–water partition coefficient (Wildman–Crippen LogP) is 6.19. The van der Waals surface area contributed by atoms with E-state index in [1.807, 2.05) is 55.6 Å². The van der Waals surface area contributed by atoms with Crippen molar-refractivity contribution in [2.45, 2.75) is 47.9 Å². The zero-order chi connectivity index (χ0) is 27.8. The van der Waals surface area contributed by atoms with Gasteiger partial charge in [-0.1, -0.05) is 86.2 Å². The number of nitriles is 1. The second kappa shape index (κ2) is 11.9. The summed E-state index contributed by atoms with van der Waals surface area (Å²) in [5, 5.41) is 19.3. The summed E-state index contributed by atoms with van der Waals surface area (Å²) in [4.78, 5) is 5.31. The van der Waals surface area contributed by atoms with E-state index in [0.29, 0.717) is 27.2 Å². The van der Waals surface area contributed by atoms with Gasteiger partial charge in [0.05, 0.1) is 24.1 Å². The molecule has 0 amide bonds. The smallest absolute Gasteiger partial charge is 0.184 e. The van der Waals surface area contributed by atoms with Crippen LogP contribution in [-0.2, 0) is 18.9 Å². The third kappa shape index (κ3) is 5.45. The Kier molecular flexibility index (Phi) is 8.26. The fourth-order valence-corrected chi connectivity index (χ4v) is 7.62. The summed E-state index contributed by atoms with van der Waals surface area (Å²) in [6.07, 6.45) is -0.131. The van der Waals surface area contributed by atoms with Gasteiger partial charge >= 0.3 is 0 Å². The first kappa shape index (κ1) is 27.8. The monoisotopic (exact) mass is 659 g/mol. The number of thioether (sulfide) groups is 1. The summed E-state index contributed by atoms with van der Waals surface area (Å²) in [5.41, 5.74) is 2.30. The lowest BCUT2D eigenvalue weighted by Crippen LogP contribution is -2.59. The first-order valence-corrected chi connectivity index (χ1v) is 15.2. The van der Waals surface area contributed by atoms with Crippen LogP contribution in [-0.4, -0.2) is 57.4 Å². The Hall–Kier alpha value is -2.34. The number of hydrogen-bond acceptors (Lipinski definition) is 10. The van der Waals surface area contributed by atoms with Crippen LogP contribution in [0.1, 0.15) is 29.2 Å². The summed E-state index contributed by atoms with van der Waals surface area (Å²) in [7, 11) is 1.64. The molecule has 4 heterocycles. The molecule has 13 heteroatoms. The summed E-state index contributed by atoms with van der Waals surface area (Å²) >= 11 is 12.6. The molecule has 2 saturated heterocycles. The minimum Gasteiger partial charge on any atom is -0.375 e. The first-order chi connectivity index (χ1) is 19.4. The third-order valence-corrected chi connectivity index (χ3v) is 9.91. The Morgan fingerprint density at radius 3 is 2.77 bits per heavy atom. The molecule has 2 fully saturated rings. The molecule has 2 aliphatic heterocycles. The molecule has 40 heavy (non-hydrogen) atoms. The highest BCUT2D eigenvalue weighted by Crippen LogP contribution is 2.45. The van der Waals surface area contributed by atoms with E-state index in [9.17, 15) is 5.26 Å². The number of methoxy groups -OCH3 is 1. The molecule has 4 aromatic rings. The van der Waals surface area contributed by atoms with Gasteiger partial charge in [-0.3, -0.25) is 0 Å². The summed E-state index contributed by atoms with van der Waals surface area (Å²) in [6.45, 7) is 2.16. The van der Waals surface area contributed by atoms with Gasteiger partial charge in [0, 0.05) is 22.0 Å². The molecule has 2 aromatic carbocycles. The van der Waals surface area contributed by atoms with Crippen LogP contribution >= 0.6 is 50.6 Å². The molecule has 0 aliphatic carbocycles. The number of nitrogens with zero attached hydrogens (tertiary/aromatic N) is 5. The van der Waals surface area contributed by atoms with Crippen molar-refractivity contribution in [1.82, 2.24) is 20.0 Å². The molecule has 6 atom stereocenters. The number of aromatic nitrogens is 4. The standard InChI is InChI=1S/C27H23BrClN5O4S2/c1-14-24(29)40-25(31-14)18-12-34(33-32-18)21-22-19(13-36-26(38-22)15-6-4-3-5-7-15)37-27(23(21)35-2)39-20-10-17(28)9-8-16(20)11-30/h3-10,12,19,21-23,26-27H,13H2,1-2H3/t19?,21?,22-,23?,26?,27+/m0/s1. The normalized spacial score (nSPS) is 26.3. The summed E-state index contributed by atoms with van der Waals surface area (Å²) < 4.78 is 28.6. The molecular weight excluding hydrogens is 638 g/mol. The van der Waals surface area contributed by atoms with E-state index in [2.05, 4.69) is 37.3 Å². The van der Waals surface area contributed by atoms with Crippen molar-refractivity contribution in [1.29, 1.82) is 5.26 Å². The van der Waals surface area contributed by atoms with E-state index in [4.69, 9.17) is 30.5 Å². The highest BCUT2D eigenvalue weighted by atomic mass is 79.9. The molecule has 6 rings (SSSR count). The summed E-state index contributed by atoms with van der Waals surface area (Å²) in [6, 6.07) is 17.1. The highest BCUT2D eigenvalue weighted by Gasteiger charge is 2.52. The average Bonchev–Trinajstić information content (AvgIpc) is 3.59. The van der Waals surface area contributed by atoms with E-state index >= 15 is 0 Å². The van der Waals surface area contributed by atoms with Gasteiger partial charge in [0.1, 0.15) is 50.9 Å². The molecule has 0 spiro atoms. The lowest BCUT2D eigenvalue weighted by atomic mass is 9.96. The SMILES string of the molecule is COC1C(n2cc(-c3nc(C)c(Cl)s3)nn2)[C@H]2OC(c3ccccc3)OCC2O[C@@H]1Sc1cc(Br)ccc1C#N. The van der Waals surface area contributed by atoms with E-state index in [-0.39, 0.29) is 0 Å². The van der Waals surface area contributed by atoms with Crippen molar-refractivity contribution in [3.63, 3.8) is 0 Å². The minimum atomic E-state index is -0.575. The van der Waals surface area contributed by atoms with Gasteiger partial charge in [-0.25, -0.2) is 9.67 Å². The van der Waals surface area contributed by atoms with E-state index in [1.54, 1.807) is 17.9 Å². The molecule has 0 saturated carbocycles. The van der Waals surface area contributed by atoms with E-state index < -0.39 is 36.1 Å². The number of fused-ring (bicyclic) bond motifs is 1. The topological polar surface area (TPSA) is 104 Å². The number of aryl methyl sites for hydroxylation is 1. The molecule has 0 radical (unpaired) electrons. The van der Waals surface area contributed by atoms with Gasteiger partial charge in [0.15, 0.2) is 6.29 Å². The van der Waals surface area contributed by atoms with E-state index in [1.165, 1.54) is 23.1 Å². The van der Waals surface area contributed by atoms with Gasteiger partial charge in [-0.05, 0) is 25.1 Å². The lowest BCUT2D eigenvalue weighted by molar-refractivity contribution is -0.308. The summed E-state index contributed by atoms with van der Waals surface area (Å²) in [5.74, 6) is 0. The van der Waals surface area contributed by atoms with Crippen LogP contribution in [0.15, 0.2) is 64.1 Å². The Balaban J connectivity index is 1.37. The largest absolute Gasteiger partial charge is 0.375 e. The van der Waals surface area contributed by atoms with E-state index in [0.717, 1.165) is 20.6 Å². The molecule has 2 aliphatic rings. The van der Waals surface area contributed by atoms with Crippen molar-refractivity contribution in [3.8, 4) is 16.8 Å². The molecular formula is C27H23BrClN5O4S2. The number of halogens is 2. The van der Waals surface area contributed by atoms with Crippen LogP contribution < -0.4 is 0 Å². The van der Waals surface area contributed by atoms with Crippen LogP contribution in [0, 0.1) is 18.3 Å². The maximum Gasteiger partial charge on any atom is 0.184 e. The van der Waals surface area contributed by atoms with Gasteiger partial charge in [-0.2, -0.15) is 5.26 Å². The lowest BCUT2D eigenvalue weighted by Gasteiger charge is -2.48. The number of benzene rings is 2. The van der Waals surface area contributed by atoms with Crippen molar-refractivity contribution < 1.29 is 18.9 Å². The van der Waals surface area contributed by atoms with Crippen molar-refractivity contribution in [3.05, 3.63) is 80.4 Å². The van der Waals surface area contributed by atoms with Crippen LogP contribution in [0.4, 0.5) is 0 Å². The number of ether oxygens (including phenoxy) is 4. The van der Waals surface area contributed by atoms with Gasteiger partial charge in [-0.15, -0.1) is 5.10 Å². The van der Waals surface area contributed by atoms with Crippen LogP contribution in [0.2, 0.25) is 4.34 Å². The molecule has 4 unspecified atom stereocenters. The predicted molar refractivity (Wildman–Crippen MR) is 154 cm³/mol. The zero-order valence-corrected chi connectivity index (χ0v) is 25.3. The minimum absolute atomic E-state index is 0.306. The maximum atomic E-state index is 9.72. The Labute approximate surface area is 252 Å². The van der Waals surface area contributed by atoms with Crippen molar-refractivity contribution >= 4 is 50.6 Å². The Morgan fingerprint density at radius 1 is 1.23 bits per heavy atom. The second-order valence-corrected chi connectivity index (χ2v) is 12.9. The highest BCUT2D eigenvalue weighted by molar-refractivity contribution is 9.10. The molecule has 206 valence electrons. The van der Waals surface area contributed by atoms with Crippen LogP contribution in [0.5, 0.6) is 0 Å².